The summed E-state index contributed by atoms with van der Waals surface area (Å²) in [5.41, 5.74) is 0.345. The first kappa shape index (κ1) is 15.7. The molecule has 22 heavy (non-hydrogen) atoms. The molecule has 2 aromatic heterocycles. The highest BCUT2D eigenvalue weighted by Gasteiger charge is 2.13. The van der Waals surface area contributed by atoms with E-state index in [1.165, 1.54) is 17.4 Å². The van der Waals surface area contributed by atoms with E-state index in [1.54, 1.807) is 36.0 Å². The molecule has 0 spiro atoms. The van der Waals surface area contributed by atoms with Gasteiger partial charge in [0.15, 0.2) is 6.61 Å². The molecule has 6 nitrogen and oxygen atoms in total. The number of ether oxygens (including phenoxy) is 1. The summed E-state index contributed by atoms with van der Waals surface area (Å²) in [6.07, 6.45) is 4.52. The number of nitrogens with zero attached hydrogens (tertiary/aromatic N) is 1. The van der Waals surface area contributed by atoms with Crippen molar-refractivity contribution in [3.05, 3.63) is 52.5 Å². The van der Waals surface area contributed by atoms with Crippen LogP contribution >= 0.6 is 11.3 Å². The van der Waals surface area contributed by atoms with Gasteiger partial charge in [-0.25, -0.2) is 4.79 Å². The summed E-state index contributed by atoms with van der Waals surface area (Å²) in [7, 11) is 1.69. The lowest BCUT2D eigenvalue weighted by molar-refractivity contribution is -0.143. The third-order valence-electron chi connectivity index (χ3n) is 2.70. The van der Waals surface area contributed by atoms with Gasteiger partial charge in [-0.15, -0.1) is 11.3 Å². The number of esters is 1. The number of nitrogens with one attached hydrogen (secondary N) is 1. The Kier molecular flexibility index (Phi) is 5.26. The number of rotatable bonds is 5. The molecule has 0 saturated heterocycles. The van der Waals surface area contributed by atoms with Gasteiger partial charge in [-0.05, 0) is 29.7 Å². The number of carbonyl (C=O) groups excluding carboxylic acids is 3. The van der Waals surface area contributed by atoms with Crippen molar-refractivity contribution in [3.8, 4) is 0 Å². The molecule has 7 heteroatoms. The molecule has 2 amide bonds. The molecule has 0 aliphatic rings. The SMILES string of the molecule is Cn1cccc1C(=O)NC(=O)COC(=O)C=Cc1cccs1. The van der Waals surface area contributed by atoms with Crippen LogP contribution in [-0.4, -0.2) is 29.0 Å². The highest BCUT2D eigenvalue weighted by atomic mass is 32.1. The van der Waals surface area contributed by atoms with Gasteiger partial charge in [0.2, 0.25) is 0 Å². The number of carbonyl (C=O) groups is 3. The topological polar surface area (TPSA) is 77.4 Å². The van der Waals surface area contributed by atoms with Gasteiger partial charge in [0.1, 0.15) is 5.69 Å². The van der Waals surface area contributed by atoms with Crippen molar-refractivity contribution in [2.24, 2.45) is 7.05 Å². The lowest BCUT2D eigenvalue weighted by Gasteiger charge is -2.05. The second kappa shape index (κ2) is 7.37. The Bertz CT molecular complexity index is 701. The van der Waals surface area contributed by atoms with Crippen LogP contribution in [0, 0.1) is 0 Å². The Morgan fingerprint density at radius 3 is 2.77 bits per heavy atom. The molecule has 0 bridgehead atoms. The summed E-state index contributed by atoms with van der Waals surface area (Å²) >= 11 is 1.48. The average molecular weight is 318 g/mol. The van der Waals surface area contributed by atoms with Crippen LogP contribution in [0.5, 0.6) is 0 Å². The maximum Gasteiger partial charge on any atom is 0.331 e. The molecule has 0 aromatic carbocycles. The van der Waals surface area contributed by atoms with Crippen molar-refractivity contribution >= 4 is 35.2 Å². The number of aromatic nitrogens is 1. The van der Waals surface area contributed by atoms with Gasteiger partial charge in [-0.3, -0.25) is 14.9 Å². The molecule has 114 valence electrons. The van der Waals surface area contributed by atoms with E-state index in [0.717, 1.165) is 4.88 Å². The molecule has 0 atom stereocenters. The van der Waals surface area contributed by atoms with E-state index in [0.29, 0.717) is 5.69 Å². The molecule has 2 heterocycles. The Hall–Kier alpha value is -2.67. The van der Waals surface area contributed by atoms with Crippen molar-refractivity contribution < 1.29 is 19.1 Å². The van der Waals surface area contributed by atoms with E-state index in [-0.39, 0.29) is 0 Å². The van der Waals surface area contributed by atoms with Gasteiger partial charge in [0, 0.05) is 24.2 Å². The van der Waals surface area contributed by atoms with E-state index in [1.807, 2.05) is 17.5 Å². The van der Waals surface area contributed by atoms with Crippen LogP contribution in [0.4, 0.5) is 0 Å². The van der Waals surface area contributed by atoms with E-state index in [2.05, 4.69) is 5.32 Å². The van der Waals surface area contributed by atoms with E-state index < -0.39 is 24.4 Å². The predicted octanol–water partition coefficient (Wildman–Crippen LogP) is 1.60. The molecule has 0 saturated carbocycles. The standard InChI is InChI=1S/C15H14N2O4S/c1-17-8-2-5-12(17)15(20)16-13(18)10-21-14(19)7-6-11-4-3-9-22-11/h2-9H,10H2,1H3,(H,16,18,20). The summed E-state index contributed by atoms with van der Waals surface area (Å²) in [4.78, 5) is 35.7. The second-order valence-electron chi connectivity index (χ2n) is 4.34. The number of hydrogen-bond acceptors (Lipinski definition) is 5. The number of thiophene rings is 1. The number of amides is 2. The average Bonchev–Trinajstić information content (AvgIpc) is 3.14. The summed E-state index contributed by atoms with van der Waals surface area (Å²) in [6.45, 7) is -0.510. The van der Waals surface area contributed by atoms with E-state index in [9.17, 15) is 14.4 Å². The quantitative estimate of drug-likeness (QED) is 0.671. The Morgan fingerprint density at radius 1 is 1.32 bits per heavy atom. The third-order valence-corrected chi connectivity index (χ3v) is 3.54. The molecular weight excluding hydrogens is 304 g/mol. The first-order valence-electron chi connectivity index (χ1n) is 6.40. The fourth-order valence-electron chi connectivity index (χ4n) is 1.64. The normalized spacial score (nSPS) is 10.6. The number of aryl methyl sites for hydroxylation is 1. The summed E-state index contributed by atoms with van der Waals surface area (Å²) in [5.74, 6) is -1.86. The lowest BCUT2D eigenvalue weighted by atomic mass is 10.4. The minimum atomic E-state index is -0.677. The first-order chi connectivity index (χ1) is 10.6. The molecule has 2 rings (SSSR count). The van der Waals surface area contributed by atoms with Gasteiger partial charge in [0.05, 0.1) is 0 Å². The van der Waals surface area contributed by atoms with Crippen LogP contribution in [0.25, 0.3) is 6.08 Å². The van der Waals surface area contributed by atoms with Gasteiger partial charge in [-0.2, -0.15) is 0 Å². The highest BCUT2D eigenvalue weighted by molar-refractivity contribution is 7.10. The Labute approximate surface area is 131 Å². The Morgan fingerprint density at radius 2 is 2.14 bits per heavy atom. The molecule has 0 aliphatic carbocycles. The lowest BCUT2D eigenvalue weighted by Crippen LogP contribution is -2.34. The van der Waals surface area contributed by atoms with Crippen LogP contribution in [-0.2, 0) is 21.4 Å². The molecule has 2 aromatic rings. The highest BCUT2D eigenvalue weighted by Crippen LogP contribution is 2.10. The zero-order valence-electron chi connectivity index (χ0n) is 11.8. The fourth-order valence-corrected chi connectivity index (χ4v) is 2.26. The van der Waals surface area contributed by atoms with Crippen LogP contribution in [0.15, 0.2) is 41.9 Å². The van der Waals surface area contributed by atoms with Gasteiger partial charge in [-0.1, -0.05) is 6.07 Å². The largest absolute Gasteiger partial charge is 0.452 e. The minimum Gasteiger partial charge on any atom is -0.452 e. The van der Waals surface area contributed by atoms with Crippen LogP contribution in [0.3, 0.4) is 0 Å². The molecule has 0 aliphatic heterocycles. The van der Waals surface area contributed by atoms with E-state index >= 15 is 0 Å². The zero-order valence-corrected chi connectivity index (χ0v) is 12.6. The summed E-state index contributed by atoms with van der Waals surface area (Å²) in [5, 5.41) is 4.03. The smallest absolute Gasteiger partial charge is 0.331 e. The number of imide groups is 1. The van der Waals surface area contributed by atoms with Gasteiger partial charge in [0.25, 0.3) is 11.8 Å². The minimum absolute atomic E-state index is 0.345. The monoisotopic (exact) mass is 318 g/mol. The maximum atomic E-state index is 11.8. The van der Waals surface area contributed by atoms with Crippen LogP contribution < -0.4 is 5.32 Å². The van der Waals surface area contributed by atoms with Crippen molar-refractivity contribution in [3.63, 3.8) is 0 Å². The summed E-state index contributed by atoms with van der Waals surface area (Å²) in [6, 6.07) is 6.98. The zero-order chi connectivity index (χ0) is 15.9. The molecule has 1 N–H and O–H groups in total. The number of hydrogen-bond donors (Lipinski definition) is 1. The van der Waals surface area contributed by atoms with E-state index in [4.69, 9.17) is 4.74 Å². The molecule has 0 fully saturated rings. The second-order valence-corrected chi connectivity index (χ2v) is 5.32. The first-order valence-corrected chi connectivity index (χ1v) is 7.28. The molecule has 0 radical (unpaired) electrons. The van der Waals surface area contributed by atoms with Crippen molar-refractivity contribution in [1.82, 2.24) is 9.88 Å². The summed E-state index contributed by atoms with van der Waals surface area (Å²) < 4.78 is 6.34. The van der Waals surface area contributed by atoms with Gasteiger partial charge >= 0.3 is 5.97 Å². The van der Waals surface area contributed by atoms with Crippen LogP contribution in [0.1, 0.15) is 15.4 Å². The van der Waals surface area contributed by atoms with Crippen molar-refractivity contribution in [2.75, 3.05) is 6.61 Å². The Balaban J connectivity index is 1.77. The third kappa shape index (κ3) is 4.42. The molecule has 0 unspecified atom stereocenters. The fraction of sp³-hybridized carbons (Fsp3) is 0.133. The van der Waals surface area contributed by atoms with Crippen LogP contribution in [0.2, 0.25) is 0 Å². The maximum absolute atomic E-state index is 11.8. The van der Waals surface area contributed by atoms with Crippen molar-refractivity contribution in [2.45, 2.75) is 0 Å². The van der Waals surface area contributed by atoms with Crippen molar-refractivity contribution in [1.29, 1.82) is 0 Å². The van der Waals surface area contributed by atoms with Gasteiger partial charge < -0.3 is 9.30 Å². The molecular formula is C15H14N2O4S. The predicted molar refractivity (Wildman–Crippen MR) is 82.2 cm³/mol.